The summed E-state index contributed by atoms with van der Waals surface area (Å²) in [6, 6.07) is 0. The zero-order valence-corrected chi connectivity index (χ0v) is 4.73. The van der Waals surface area contributed by atoms with Crippen molar-refractivity contribution in [1.82, 2.24) is 9.44 Å². The largest absolute Gasteiger partial charge is 0.272 e. The van der Waals surface area contributed by atoms with Gasteiger partial charge in [0, 0.05) is 0 Å². The van der Waals surface area contributed by atoms with E-state index in [4.69, 9.17) is 9.11 Å². The van der Waals surface area contributed by atoms with Gasteiger partial charge in [-0.3, -0.25) is 13.9 Å². The first kappa shape index (κ1) is 5.83. The molecule has 1 amide bonds. The molecule has 4 N–H and O–H groups in total. The number of hydrogen-bond donors (Lipinski definition) is 4. The molecule has 0 bridgehead atoms. The van der Waals surface area contributed by atoms with Gasteiger partial charge in [0.2, 0.25) is 0 Å². The monoisotopic (exact) mass is 138 g/mol. The van der Waals surface area contributed by atoms with Gasteiger partial charge in [0.1, 0.15) is 0 Å². The van der Waals surface area contributed by atoms with E-state index in [1.165, 1.54) is 0 Å². The van der Waals surface area contributed by atoms with Crippen molar-refractivity contribution >= 4 is 16.9 Å². The minimum absolute atomic E-state index is 0.0116. The molecule has 1 fully saturated rings. The van der Waals surface area contributed by atoms with E-state index in [1.54, 1.807) is 0 Å². The highest BCUT2D eigenvalue weighted by molar-refractivity contribution is 8.21. The van der Waals surface area contributed by atoms with Gasteiger partial charge < -0.3 is 0 Å². The summed E-state index contributed by atoms with van der Waals surface area (Å²) in [6.45, 7) is -0.0116. The Labute approximate surface area is 47.7 Å². The van der Waals surface area contributed by atoms with Gasteiger partial charge in [-0.15, -0.1) is 0 Å². The van der Waals surface area contributed by atoms with Crippen molar-refractivity contribution in [3.8, 4) is 0 Å². The average Bonchev–Trinajstić information content (AvgIpc) is 1.82. The Balaban J connectivity index is 2.56. The first-order valence-corrected chi connectivity index (χ1v) is 3.48. The minimum atomic E-state index is -2.95. The molecule has 1 saturated heterocycles. The van der Waals surface area contributed by atoms with Gasteiger partial charge in [-0.05, 0) is 0 Å². The second-order valence-electron chi connectivity index (χ2n) is 1.40. The van der Waals surface area contributed by atoms with Crippen LogP contribution in [0.2, 0.25) is 0 Å². The number of amides is 1. The van der Waals surface area contributed by atoms with Crippen molar-refractivity contribution in [2.45, 2.75) is 0 Å². The minimum Gasteiger partial charge on any atom is -0.272 e. The molecule has 0 radical (unpaired) electrons. The third-order valence-corrected chi connectivity index (χ3v) is 1.75. The molecule has 0 atom stereocenters. The van der Waals surface area contributed by atoms with E-state index >= 15 is 0 Å². The Hall–Kier alpha value is -0.300. The zero-order chi connectivity index (χ0) is 6.20. The highest BCUT2D eigenvalue weighted by atomic mass is 32.3. The van der Waals surface area contributed by atoms with Crippen LogP contribution in [-0.4, -0.2) is 21.6 Å². The lowest BCUT2D eigenvalue weighted by atomic mass is 10.7. The standard InChI is InChI=1S/C2H6N2O3S/c5-2-1-3-8(6,7)4-2/h3,6-7H,1H2,(H,4,5). The number of carbonyl (C=O) groups is 1. The molecule has 6 heteroatoms. The number of rotatable bonds is 0. The lowest BCUT2D eigenvalue weighted by molar-refractivity contribution is -0.117. The van der Waals surface area contributed by atoms with Gasteiger partial charge in [0.25, 0.3) is 5.91 Å². The summed E-state index contributed by atoms with van der Waals surface area (Å²) in [4.78, 5) is 10.2. The molecule has 5 nitrogen and oxygen atoms in total. The summed E-state index contributed by atoms with van der Waals surface area (Å²) in [5.41, 5.74) is 0. The van der Waals surface area contributed by atoms with Gasteiger partial charge in [-0.1, -0.05) is 11.0 Å². The number of carbonyl (C=O) groups excluding carboxylic acids is 1. The maximum Gasteiger partial charge on any atom is 0.254 e. The van der Waals surface area contributed by atoms with Gasteiger partial charge in [-0.25, -0.2) is 4.72 Å². The molecule has 1 rings (SSSR count). The molecule has 48 valence electrons. The topological polar surface area (TPSA) is 81.6 Å². The average molecular weight is 138 g/mol. The number of hydrogen-bond acceptors (Lipinski definition) is 4. The highest BCUT2D eigenvalue weighted by Crippen LogP contribution is 2.29. The van der Waals surface area contributed by atoms with Crippen molar-refractivity contribution in [3.63, 3.8) is 0 Å². The molecule has 0 aromatic heterocycles. The van der Waals surface area contributed by atoms with E-state index in [0.29, 0.717) is 0 Å². The van der Waals surface area contributed by atoms with Crippen molar-refractivity contribution in [1.29, 1.82) is 0 Å². The van der Waals surface area contributed by atoms with Gasteiger partial charge >= 0.3 is 0 Å². The molecule has 8 heavy (non-hydrogen) atoms. The van der Waals surface area contributed by atoms with E-state index in [0.717, 1.165) is 0 Å². The van der Waals surface area contributed by atoms with Gasteiger partial charge in [0.15, 0.2) is 0 Å². The fraction of sp³-hybridized carbons (Fsp3) is 0.500. The summed E-state index contributed by atoms with van der Waals surface area (Å²) >= 11 is 0. The maximum atomic E-state index is 10.2. The van der Waals surface area contributed by atoms with E-state index in [1.807, 2.05) is 4.72 Å². The Morgan fingerprint density at radius 1 is 1.62 bits per heavy atom. The highest BCUT2D eigenvalue weighted by Gasteiger charge is 2.22. The number of nitrogens with one attached hydrogen (secondary N) is 2. The lowest BCUT2D eigenvalue weighted by Crippen LogP contribution is -2.20. The Morgan fingerprint density at radius 3 is 2.38 bits per heavy atom. The predicted molar refractivity (Wildman–Crippen MR) is 29.0 cm³/mol. The molecular weight excluding hydrogens is 132 g/mol. The quantitative estimate of drug-likeness (QED) is 0.356. The molecular formula is C2H6N2O3S. The first-order chi connectivity index (χ1) is 3.60. The van der Waals surface area contributed by atoms with Crippen LogP contribution < -0.4 is 9.44 Å². The lowest BCUT2D eigenvalue weighted by Gasteiger charge is -2.23. The second kappa shape index (κ2) is 1.59. The molecule has 1 heterocycles. The normalized spacial score (nSPS) is 29.5. The fourth-order valence-electron chi connectivity index (χ4n) is 0.397. The van der Waals surface area contributed by atoms with Gasteiger partial charge in [0.05, 0.1) is 6.54 Å². The van der Waals surface area contributed by atoms with Crippen LogP contribution >= 0.6 is 11.0 Å². The predicted octanol–water partition coefficient (Wildman–Crippen LogP) is -0.714. The van der Waals surface area contributed by atoms with Gasteiger partial charge in [-0.2, -0.15) is 4.72 Å². The third kappa shape index (κ3) is 1.10. The van der Waals surface area contributed by atoms with Crippen LogP contribution in [0.25, 0.3) is 0 Å². The summed E-state index contributed by atoms with van der Waals surface area (Å²) in [5.74, 6) is -0.384. The maximum absolute atomic E-state index is 10.2. The van der Waals surface area contributed by atoms with Crippen molar-refractivity contribution < 1.29 is 13.9 Å². The zero-order valence-electron chi connectivity index (χ0n) is 3.92. The molecule has 0 saturated carbocycles. The summed E-state index contributed by atoms with van der Waals surface area (Å²) in [6.07, 6.45) is 0. The Bertz CT molecular complexity index is 124. The Morgan fingerprint density at radius 2 is 2.25 bits per heavy atom. The molecule has 0 aliphatic carbocycles. The van der Waals surface area contributed by atoms with E-state index in [9.17, 15) is 4.79 Å². The SMILES string of the molecule is O=C1CNS(O)(O)N1. The molecule has 0 unspecified atom stereocenters. The molecule has 1 aliphatic rings. The second-order valence-corrected chi connectivity index (χ2v) is 2.99. The van der Waals surface area contributed by atoms with Crippen LogP contribution in [0.1, 0.15) is 0 Å². The van der Waals surface area contributed by atoms with Crippen LogP contribution in [-0.2, 0) is 4.79 Å². The summed E-state index contributed by atoms with van der Waals surface area (Å²) in [5, 5.41) is 0. The van der Waals surface area contributed by atoms with Crippen LogP contribution in [0, 0.1) is 0 Å². The van der Waals surface area contributed by atoms with Crippen molar-refractivity contribution in [2.24, 2.45) is 0 Å². The Kier molecular flexibility index (Phi) is 1.16. The first-order valence-electron chi connectivity index (χ1n) is 1.93. The van der Waals surface area contributed by atoms with Crippen molar-refractivity contribution in [3.05, 3.63) is 0 Å². The summed E-state index contributed by atoms with van der Waals surface area (Å²) in [7, 11) is -2.95. The smallest absolute Gasteiger partial charge is 0.254 e. The third-order valence-electron chi connectivity index (χ3n) is 0.690. The van der Waals surface area contributed by atoms with Crippen LogP contribution in [0.15, 0.2) is 0 Å². The molecule has 0 aromatic carbocycles. The van der Waals surface area contributed by atoms with Crippen LogP contribution in [0.3, 0.4) is 0 Å². The molecule has 0 spiro atoms. The fourth-order valence-corrected chi connectivity index (χ4v) is 1.19. The van der Waals surface area contributed by atoms with E-state index < -0.39 is 11.0 Å². The van der Waals surface area contributed by atoms with E-state index in [2.05, 4.69) is 4.72 Å². The molecule has 1 aliphatic heterocycles. The molecule has 0 aromatic rings. The van der Waals surface area contributed by atoms with Crippen LogP contribution in [0.4, 0.5) is 0 Å². The van der Waals surface area contributed by atoms with Crippen LogP contribution in [0.5, 0.6) is 0 Å². The summed E-state index contributed by atoms with van der Waals surface area (Å²) < 4.78 is 21.2. The van der Waals surface area contributed by atoms with Crippen molar-refractivity contribution in [2.75, 3.05) is 6.54 Å². The van der Waals surface area contributed by atoms with E-state index in [-0.39, 0.29) is 12.5 Å².